The van der Waals surface area contributed by atoms with E-state index in [2.05, 4.69) is 11.9 Å². The summed E-state index contributed by atoms with van der Waals surface area (Å²) in [5.41, 5.74) is 6.03. The predicted octanol–water partition coefficient (Wildman–Crippen LogP) is 1.31. The maximum absolute atomic E-state index is 12.1. The Morgan fingerprint density at radius 3 is 2.74 bits per heavy atom. The highest BCUT2D eigenvalue weighted by Crippen LogP contribution is 2.44. The van der Waals surface area contributed by atoms with Gasteiger partial charge < -0.3 is 15.5 Å². The third kappa shape index (κ3) is 4.18. The molecule has 1 aliphatic carbocycles. The van der Waals surface area contributed by atoms with Crippen LogP contribution in [0.1, 0.15) is 38.5 Å². The number of amides is 1. The highest BCUT2D eigenvalue weighted by atomic mass is 16.2. The fourth-order valence-electron chi connectivity index (χ4n) is 3.19. The van der Waals surface area contributed by atoms with Gasteiger partial charge in [-0.15, -0.1) is 0 Å². The van der Waals surface area contributed by atoms with E-state index in [0.29, 0.717) is 12.3 Å². The third-order valence-corrected chi connectivity index (χ3v) is 4.88. The molecule has 4 nitrogen and oxygen atoms in total. The lowest BCUT2D eigenvalue weighted by Crippen LogP contribution is -2.35. The largest absolute Gasteiger partial charge is 0.345 e. The summed E-state index contributed by atoms with van der Waals surface area (Å²) < 4.78 is 0. The number of hydrogen-bond donors (Lipinski definition) is 1. The van der Waals surface area contributed by atoms with Crippen molar-refractivity contribution in [1.29, 1.82) is 0 Å². The van der Waals surface area contributed by atoms with Crippen LogP contribution in [0.2, 0.25) is 0 Å². The maximum Gasteiger partial charge on any atom is 0.222 e. The number of carbonyl (C=O) groups is 1. The molecule has 1 aliphatic heterocycles. The van der Waals surface area contributed by atoms with Crippen molar-refractivity contribution in [1.82, 2.24) is 9.80 Å². The van der Waals surface area contributed by atoms with Crippen molar-refractivity contribution < 1.29 is 4.79 Å². The smallest absolute Gasteiger partial charge is 0.222 e. The summed E-state index contributed by atoms with van der Waals surface area (Å²) in [5, 5.41) is 0. The molecule has 1 saturated carbocycles. The molecule has 1 unspecified atom stereocenters. The monoisotopic (exact) mass is 267 g/mol. The second kappa shape index (κ2) is 6.23. The number of rotatable bonds is 7. The van der Waals surface area contributed by atoms with Gasteiger partial charge in [-0.25, -0.2) is 0 Å². The maximum atomic E-state index is 12.1. The Bertz CT molecular complexity index is 315. The number of nitrogens with two attached hydrogens (primary N) is 1. The molecule has 0 radical (unpaired) electrons. The average molecular weight is 267 g/mol. The lowest BCUT2D eigenvalue weighted by atomic mass is 10.0. The average Bonchev–Trinajstić information content (AvgIpc) is 3.04. The molecule has 2 aliphatic rings. The Balaban J connectivity index is 1.61. The molecule has 1 saturated heterocycles. The van der Waals surface area contributed by atoms with Crippen LogP contribution in [-0.4, -0.2) is 56.0 Å². The van der Waals surface area contributed by atoms with Crippen LogP contribution in [0.25, 0.3) is 0 Å². The number of likely N-dealkylation sites (tertiary alicyclic amines) is 1. The Hall–Kier alpha value is -0.610. The van der Waals surface area contributed by atoms with Crippen molar-refractivity contribution in [3.63, 3.8) is 0 Å². The van der Waals surface area contributed by atoms with E-state index in [0.717, 1.165) is 25.4 Å². The summed E-state index contributed by atoms with van der Waals surface area (Å²) in [6, 6.07) is 0. The van der Waals surface area contributed by atoms with E-state index in [1.165, 1.54) is 38.8 Å². The van der Waals surface area contributed by atoms with E-state index in [9.17, 15) is 4.79 Å². The van der Waals surface area contributed by atoms with Crippen LogP contribution in [-0.2, 0) is 4.79 Å². The highest BCUT2D eigenvalue weighted by molar-refractivity contribution is 5.75. The molecule has 0 bridgehead atoms. The zero-order chi connectivity index (χ0) is 13.9. The van der Waals surface area contributed by atoms with Crippen molar-refractivity contribution in [2.24, 2.45) is 17.1 Å². The fourth-order valence-corrected chi connectivity index (χ4v) is 3.19. The van der Waals surface area contributed by atoms with Gasteiger partial charge in [0.15, 0.2) is 0 Å². The normalized spacial score (nSPS) is 25.5. The first kappa shape index (κ1) is 14.8. The molecule has 2 N–H and O–H groups in total. The van der Waals surface area contributed by atoms with Crippen LogP contribution in [0.4, 0.5) is 0 Å². The van der Waals surface area contributed by atoms with E-state index in [1.54, 1.807) is 0 Å². The van der Waals surface area contributed by atoms with Crippen LogP contribution in [0, 0.1) is 11.3 Å². The minimum atomic E-state index is 0.262. The van der Waals surface area contributed by atoms with Crippen LogP contribution < -0.4 is 5.73 Å². The van der Waals surface area contributed by atoms with Gasteiger partial charge in [-0.3, -0.25) is 4.79 Å². The Morgan fingerprint density at radius 2 is 2.21 bits per heavy atom. The van der Waals surface area contributed by atoms with E-state index >= 15 is 0 Å². The van der Waals surface area contributed by atoms with Gasteiger partial charge in [-0.1, -0.05) is 0 Å². The van der Waals surface area contributed by atoms with Gasteiger partial charge in [0.25, 0.3) is 0 Å². The van der Waals surface area contributed by atoms with Gasteiger partial charge in [-0.2, -0.15) is 0 Å². The van der Waals surface area contributed by atoms with Gasteiger partial charge >= 0.3 is 0 Å². The standard InChI is InChI=1S/C15H29N3O/c1-17-9-6-13(10-17)4-3-5-14(19)18(2)12-15(11-16)7-8-15/h13H,3-12,16H2,1-2H3. The van der Waals surface area contributed by atoms with Crippen molar-refractivity contribution in [3.8, 4) is 0 Å². The Labute approximate surface area is 117 Å². The van der Waals surface area contributed by atoms with Gasteiger partial charge in [0.05, 0.1) is 0 Å². The first-order valence-electron chi connectivity index (χ1n) is 7.67. The first-order valence-corrected chi connectivity index (χ1v) is 7.67. The minimum absolute atomic E-state index is 0.262. The summed E-state index contributed by atoms with van der Waals surface area (Å²) in [5.74, 6) is 1.10. The molecular weight excluding hydrogens is 238 g/mol. The molecule has 0 aromatic rings. The highest BCUT2D eigenvalue weighted by Gasteiger charge is 2.42. The van der Waals surface area contributed by atoms with E-state index in [1.807, 2.05) is 11.9 Å². The number of carbonyl (C=O) groups excluding carboxylic acids is 1. The Kier molecular flexibility index (Phi) is 4.85. The van der Waals surface area contributed by atoms with E-state index in [4.69, 9.17) is 5.73 Å². The van der Waals surface area contributed by atoms with E-state index < -0.39 is 0 Å². The third-order valence-electron chi connectivity index (χ3n) is 4.88. The SMILES string of the molecule is CN1CCC(CCCC(=O)N(C)CC2(CN)CC2)C1. The quantitative estimate of drug-likeness (QED) is 0.756. The van der Waals surface area contributed by atoms with Gasteiger partial charge in [0.1, 0.15) is 0 Å². The molecule has 0 aromatic carbocycles. The predicted molar refractivity (Wildman–Crippen MR) is 77.8 cm³/mol. The molecule has 4 heteroatoms. The topological polar surface area (TPSA) is 49.6 Å². The number of hydrogen-bond acceptors (Lipinski definition) is 3. The molecule has 1 heterocycles. The number of nitrogens with zero attached hydrogens (tertiary/aromatic N) is 2. The van der Waals surface area contributed by atoms with Gasteiger partial charge in [0, 0.05) is 32.0 Å². The summed E-state index contributed by atoms with van der Waals surface area (Å²) in [4.78, 5) is 16.4. The van der Waals surface area contributed by atoms with Crippen LogP contribution in [0.3, 0.4) is 0 Å². The second-order valence-electron chi connectivity index (χ2n) is 6.76. The molecule has 1 amide bonds. The summed E-state index contributed by atoms with van der Waals surface area (Å²) in [6.07, 6.45) is 6.63. The lowest BCUT2D eigenvalue weighted by Gasteiger charge is -2.23. The first-order chi connectivity index (χ1) is 9.04. The zero-order valence-corrected chi connectivity index (χ0v) is 12.5. The van der Waals surface area contributed by atoms with Crippen molar-refractivity contribution in [2.75, 3.05) is 40.3 Å². The van der Waals surface area contributed by atoms with Crippen molar-refractivity contribution in [2.45, 2.75) is 38.5 Å². The summed E-state index contributed by atoms with van der Waals surface area (Å²) >= 11 is 0. The van der Waals surface area contributed by atoms with Crippen molar-refractivity contribution in [3.05, 3.63) is 0 Å². The summed E-state index contributed by atoms with van der Waals surface area (Å²) in [6.45, 7) is 4.01. The molecular formula is C15H29N3O. The molecule has 0 spiro atoms. The van der Waals surface area contributed by atoms with Gasteiger partial charge in [0.2, 0.25) is 5.91 Å². The molecule has 110 valence electrons. The zero-order valence-electron chi connectivity index (χ0n) is 12.5. The minimum Gasteiger partial charge on any atom is -0.345 e. The van der Waals surface area contributed by atoms with E-state index in [-0.39, 0.29) is 5.41 Å². The Morgan fingerprint density at radius 1 is 1.47 bits per heavy atom. The lowest BCUT2D eigenvalue weighted by molar-refractivity contribution is -0.130. The molecule has 2 rings (SSSR count). The fraction of sp³-hybridized carbons (Fsp3) is 0.933. The molecule has 19 heavy (non-hydrogen) atoms. The summed E-state index contributed by atoms with van der Waals surface area (Å²) in [7, 11) is 4.11. The molecule has 0 aromatic heterocycles. The molecule has 1 atom stereocenters. The van der Waals surface area contributed by atoms with Crippen LogP contribution in [0.15, 0.2) is 0 Å². The molecule has 2 fully saturated rings. The van der Waals surface area contributed by atoms with Crippen LogP contribution >= 0.6 is 0 Å². The van der Waals surface area contributed by atoms with Crippen LogP contribution in [0.5, 0.6) is 0 Å². The van der Waals surface area contributed by atoms with Gasteiger partial charge in [-0.05, 0) is 58.2 Å². The second-order valence-corrected chi connectivity index (χ2v) is 6.76. The van der Waals surface area contributed by atoms with Crippen molar-refractivity contribution >= 4 is 5.91 Å².